The molecule has 2 aliphatic heterocycles. The molecule has 0 aromatic heterocycles. The number of hydrogen-bond acceptors (Lipinski definition) is 4. The van der Waals surface area contributed by atoms with Gasteiger partial charge < -0.3 is 9.64 Å². The zero-order chi connectivity index (χ0) is 16.8. The quantitative estimate of drug-likeness (QED) is 0.764. The molecule has 0 N–H and O–H groups in total. The van der Waals surface area contributed by atoms with Crippen LogP contribution in [0.2, 0.25) is 0 Å². The van der Waals surface area contributed by atoms with Crippen LogP contribution in [0.3, 0.4) is 0 Å². The van der Waals surface area contributed by atoms with Gasteiger partial charge in [-0.05, 0) is 38.9 Å². The molecule has 2 heterocycles. The minimum absolute atomic E-state index is 0.702. The van der Waals surface area contributed by atoms with Crippen molar-refractivity contribution in [1.29, 1.82) is 0 Å². The first kappa shape index (κ1) is 17.7. The van der Waals surface area contributed by atoms with Crippen molar-refractivity contribution >= 4 is 0 Å². The predicted molar refractivity (Wildman–Crippen MR) is 99.6 cm³/mol. The van der Waals surface area contributed by atoms with Gasteiger partial charge in [-0.2, -0.15) is 0 Å². The molecule has 0 saturated carbocycles. The Morgan fingerprint density at radius 3 is 2.50 bits per heavy atom. The van der Waals surface area contributed by atoms with Gasteiger partial charge in [-0.15, -0.1) is 0 Å². The van der Waals surface area contributed by atoms with Crippen molar-refractivity contribution in [3.05, 3.63) is 29.8 Å². The maximum Gasteiger partial charge on any atom is 0.123 e. The molecule has 2 aliphatic rings. The number of nitrogens with zero attached hydrogens (tertiary/aromatic N) is 3. The van der Waals surface area contributed by atoms with E-state index in [4.69, 9.17) is 4.74 Å². The Balaban J connectivity index is 1.47. The number of benzene rings is 1. The fourth-order valence-electron chi connectivity index (χ4n) is 3.84. The summed E-state index contributed by atoms with van der Waals surface area (Å²) in [5.74, 6) is 1.07. The van der Waals surface area contributed by atoms with E-state index < -0.39 is 0 Å². The highest BCUT2D eigenvalue weighted by Crippen LogP contribution is 2.24. The summed E-state index contributed by atoms with van der Waals surface area (Å²) in [6.07, 6.45) is 2.65. The Kier molecular flexibility index (Phi) is 6.52. The van der Waals surface area contributed by atoms with E-state index in [9.17, 15) is 0 Å². The van der Waals surface area contributed by atoms with Crippen LogP contribution in [0.5, 0.6) is 5.75 Å². The highest BCUT2D eigenvalue weighted by molar-refractivity contribution is 5.33. The molecule has 4 heteroatoms. The van der Waals surface area contributed by atoms with Gasteiger partial charge in [0, 0.05) is 50.9 Å². The Labute approximate surface area is 147 Å². The van der Waals surface area contributed by atoms with E-state index >= 15 is 0 Å². The van der Waals surface area contributed by atoms with Crippen molar-refractivity contribution in [3.8, 4) is 5.75 Å². The summed E-state index contributed by atoms with van der Waals surface area (Å²) in [7, 11) is 0. The first-order valence-corrected chi connectivity index (χ1v) is 9.65. The van der Waals surface area contributed by atoms with E-state index in [0.717, 1.165) is 25.4 Å². The van der Waals surface area contributed by atoms with E-state index in [-0.39, 0.29) is 0 Å². The van der Waals surface area contributed by atoms with Crippen molar-refractivity contribution < 1.29 is 4.74 Å². The van der Waals surface area contributed by atoms with Gasteiger partial charge in [0.15, 0.2) is 0 Å². The molecule has 2 fully saturated rings. The number of ether oxygens (including phenoxy) is 1. The van der Waals surface area contributed by atoms with Crippen LogP contribution in [-0.4, -0.2) is 73.2 Å². The molecular weight excluding hydrogens is 298 g/mol. The van der Waals surface area contributed by atoms with Crippen molar-refractivity contribution in [2.24, 2.45) is 0 Å². The van der Waals surface area contributed by atoms with Crippen molar-refractivity contribution in [2.75, 3.05) is 52.4 Å². The number of hydrogen-bond donors (Lipinski definition) is 0. The molecule has 0 radical (unpaired) electrons. The van der Waals surface area contributed by atoms with Gasteiger partial charge in [-0.3, -0.25) is 9.80 Å². The molecule has 1 unspecified atom stereocenters. The molecule has 2 saturated heterocycles. The molecule has 134 valence electrons. The van der Waals surface area contributed by atoms with Gasteiger partial charge in [0.25, 0.3) is 0 Å². The second kappa shape index (κ2) is 8.84. The molecule has 0 bridgehead atoms. The molecule has 1 atom stereocenters. The lowest BCUT2D eigenvalue weighted by Crippen LogP contribution is -2.47. The average Bonchev–Trinajstić information content (AvgIpc) is 3.02. The van der Waals surface area contributed by atoms with E-state index in [2.05, 4.69) is 52.8 Å². The lowest BCUT2D eigenvalue weighted by Gasteiger charge is -2.33. The fraction of sp³-hybridized carbons (Fsp3) is 0.700. The lowest BCUT2D eigenvalue weighted by atomic mass is 10.1. The van der Waals surface area contributed by atoms with E-state index in [1.165, 1.54) is 57.7 Å². The van der Waals surface area contributed by atoms with Crippen LogP contribution in [-0.2, 0) is 6.54 Å². The molecule has 0 spiro atoms. The Bertz CT molecular complexity index is 499. The number of piperazine rings is 1. The van der Waals surface area contributed by atoms with Gasteiger partial charge in [0.2, 0.25) is 0 Å². The molecular formula is C20H33N3O. The summed E-state index contributed by atoms with van der Waals surface area (Å²) in [5.41, 5.74) is 1.34. The predicted octanol–water partition coefficient (Wildman–Crippen LogP) is 2.69. The third-order valence-electron chi connectivity index (χ3n) is 5.61. The Hall–Kier alpha value is -1.10. The van der Waals surface area contributed by atoms with Crippen molar-refractivity contribution in [1.82, 2.24) is 14.7 Å². The Morgan fingerprint density at radius 1 is 1.04 bits per heavy atom. The average molecular weight is 332 g/mol. The van der Waals surface area contributed by atoms with Crippen LogP contribution in [0.25, 0.3) is 0 Å². The second-order valence-corrected chi connectivity index (χ2v) is 7.19. The molecule has 0 amide bonds. The highest BCUT2D eigenvalue weighted by Gasteiger charge is 2.21. The van der Waals surface area contributed by atoms with E-state index in [0.29, 0.717) is 6.04 Å². The SMILES string of the molecule is CCN1CCN(CCOc2ccccc2CN2CCCC2C)CC1. The van der Waals surface area contributed by atoms with Gasteiger partial charge in [0.05, 0.1) is 0 Å². The second-order valence-electron chi connectivity index (χ2n) is 7.19. The third-order valence-corrected chi connectivity index (χ3v) is 5.61. The smallest absolute Gasteiger partial charge is 0.123 e. The van der Waals surface area contributed by atoms with Crippen LogP contribution in [0.15, 0.2) is 24.3 Å². The van der Waals surface area contributed by atoms with Crippen LogP contribution < -0.4 is 4.74 Å². The summed E-state index contributed by atoms with van der Waals surface area (Å²) >= 11 is 0. The van der Waals surface area contributed by atoms with Crippen molar-refractivity contribution in [2.45, 2.75) is 39.3 Å². The zero-order valence-electron chi connectivity index (χ0n) is 15.4. The summed E-state index contributed by atoms with van der Waals surface area (Å²) in [4.78, 5) is 7.62. The van der Waals surface area contributed by atoms with Crippen molar-refractivity contribution in [3.63, 3.8) is 0 Å². The van der Waals surface area contributed by atoms with Gasteiger partial charge in [-0.25, -0.2) is 0 Å². The zero-order valence-corrected chi connectivity index (χ0v) is 15.4. The fourth-order valence-corrected chi connectivity index (χ4v) is 3.84. The normalized spacial score (nSPS) is 23.7. The monoisotopic (exact) mass is 331 g/mol. The maximum atomic E-state index is 6.16. The van der Waals surface area contributed by atoms with Crippen LogP contribution in [0.4, 0.5) is 0 Å². The maximum absolute atomic E-state index is 6.16. The van der Waals surface area contributed by atoms with E-state index in [1.54, 1.807) is 0 Å². The Morgan fingerprint density at radius 2 is 1.79 bits per heavy atom. The molecule has 1 aromatic carbocycles. The standard InChI is InChI=1S/C20H33N3O/c1-3-21-11-13-22(14-12-21)15-16-24-20-9-5-4-8-19(20)17-23-10-6-7-18(23)2/h4-5,8-9,18H,3,6-7,10-17H2,1-2H3. The third kappa shape index (κ3) is 4.71. The van der Waals surface area contributed by atoms with Gasteiger partial charge >= 0.3 is 0 Å². The highest BCUT2D eigenvalue weighted by atomic mass is 16.5. The minimum Gasteiger partial charge on any atom is -0.492 e. The van der Waals surface area contributed by atoms with Gasteiger partial charge in [-0.1, -0.05) is 25.1 Å². The minimum atomic E-state index is 0.702. The van der Waals surface area contributed by atoms with Gasteiger partial charge in [0.1, 0.15) is 12.4 Å². The lowest BCUT2D eigenvalue weighted by molar-refractivity contribution is 0.120. The largest absolute Gasteiger partial charge is 0.492 e. The van der Waals surface area contributed by atoms with E-state index in [1.807, 2.05) is 0 Å². The summed E-state index contributed by atoms with van der Waals surface area (Å²) < 4.78 is 6.16. The van der Waals surface area contributed by atoms with Crippen LogP contribution >= 0.6 is 0 Å². The summed E-state index contributed by atoms with van der Waals surface area (Å²) in [6.45, 7) is 14.6. The summed E-state index contributed by atoms with van der Waals surface area (Å²) in [5, 5.41) is 0. The topological polar surface area (TPSA) is 19.0 Å². The van der Waals surface area contributed by atoms with Crippen LogP contribution in [0, 0.1) is 0 Å². The molecule has 0 aliphatic carbocycles. The number of rotatable bonds is 7. The first-order valence-electron chi connectivity index (χ1n) is 9.65. The number of para-hydroxylation sites is 1. The first-order chi connectivity index (χ1) is 11.8. The molecule has 1 aromatic rings. The summed E-state index contributed by atoms with van der Waals surface area (Å²) in [6, 6.07) is 9.28. The molecule has 3 rings (SSSR count). The number of likely N-dealkylation sites (N-methyl/N-ethyl adjacent to an activating group) is 1. The molecule has 24 heavy (non-hydrogen) atoms. The number of likely N-dealkylation sites (tertiary alicyclic amines) is 1. The molecule has 4 nitrogen and oxygen atoms in total. The van der Waals surface area contributed by atoms with Crippen LogP contribution in [0.1, 0.15) is 32.3 Å².